The molecule has 0 saturated carbocycles. The second kappa shape index (κ2) is 7.56. The molecule has 0 radical (unpaired) electrons. The van der Waals surface area contributed by atoms with E-state index in [9.17, 15) is 0 Å². The summed E-state index contributed by atoms with van der Waals surface area (Å²) in [6.07, 6.45) is 0. The van der Waals surface area contributed by atoms with Gasteiger partial charge in [0.1, 0.15) is 5.75 Å². The van der Waals surface area contributed by atoms with Gasteiger partial charge in [0.2, 0.25) is 0 Å². The lowest BCUT2D eigenvalue weighted by atomic mass is 10.2. The van der Waals surface area contributed by atoms with Crippen LogP contribution in [-0.4, -0.2) is 16.7 Å². The number of aromatic nitrogens is 2. The van der Waals surface area contributed by atoms with Crippen molar-refractivity contribution >= 4 is 15.9 Å². The molecular formula is C15H20BrN3O2. The van der Waals surface area contributed by atoms with Crippen molar-refractivity contribution < 1.29 is 9.26 Å². The van der Waals surface area contributed by atoms with E-state index in [0.717, 1.165) is 23.3 Å². The van der Waals surface area contributed by atoms with Gasteiger partial charge in [-0.1, -0.05) is 25.1 Å². The fourth-order valence-corrected chi connectivity index (χ4v) is 2.36. The first kappa shape index (κ1) is 16.0. The maximum atomic E-state index is 5.67. The summed E-state index contributed by atoms with van der Waals surface area (Å²) in [6.45, 7) is 8.29. The lowest BCUT2D eigenvalue weighted by Gasteiger charge is -2.10. The molecule has 0 atom stereocenters. The Kier molecular flexibility index (Phi) is 5.76. The second-order valence-electron chi connectivity index (χ2n) is 5.31. The van der Waals surface area contributed by atoms with Crippen LogP contribution >= 0.6 is 15.9 Å². The van der Waals surface area contributed by atoms with E-state index in [1.165, 1.54) is 5.56 Å². The van der Waals surface area contributed by atoms with E-state index >= 15 is 0 Å². The number of nitrogens with one attached hydrogen (secondary N) is 1. The molecule has 6 heteroatoms. The highest BCUT2D eigenvalue weighted by Crippen LogP contribution is 2.26. The zero-order valence-electron chi connectivity index (χ0n) is 12.5. The van der Waals surface area contributed by atoms with Crippen molar-refractivity contribution in [1.82, 2.24) is 15.5 Å². The molecule has 0 fully saturated rings. The predicted octanol–water partition coefficient (Wildman–Crippen LogP) is 3.47. The molecule has 0 bridgehead atoms. The number of aryl methyl sites for hydroxylation is 1. The standard InChI is InChI=1S/C15H20BrN3O2/c1-10(2)7-17-8-12-4-5-14(13(16)6-12)20-9-15-18-11(3)19-21-15/h4-6,10,17H,7-9H2,1-3H3. The van der Waals surface area contributed by atoms with Gasteiger partial charge in [0.05, 0.1) is 4.47 Å². The Morgan fingerprint density at radius 2 is 2.19 bits per heavy atom. The Morgan fingerprint density at radius 1 is 1.38 bits per heavy atom. The molecule has 0 saturated heterocycles. The van der Waals surface area contributed by atoms with Crippen LogP contribution in [-0.2, 0) is 13.2 Å². The van der Waals surface area contributed by atoms with Crippen LogP contribution in [0, 0.1) is 12.8 Å². The molecule has 1 aromatic heterocycles. The summed E-state index contributed by atoms with van der Waals surface area (Å²) in [6, 6.07) is 6.05. The minimum atomic E-state index is 0.268. The molecule has 1 N–H and O–H groups in total. The molecule has 2 rings (SSSR count). The summed E-state index contributed by atoms with van der Waals surface area (Å²) in [7, 11) is 0. The van der Waals surface area contributed by atoms with Gasteiger partial charge in [-0.05, 0) is 53.0 Å². The third-order valence-corrected chi connectivity index (χ3v) is 3.42. The Balaban J connectivity index is 1.89. The Labute approximate surface area is 133 Å². The van der Waals surface area contributed by atoms with E-state index < -0.39 is 0 Å². The summed E-state index contributed by atoms with van der Waals surface area (Å²) in [4.78, 5) is 4.10. The SMILES string of the molecule is Cc1noc(COc2ccc(CNCC(C)C)cc2Br)n1. The molecule has 0 aliphatic rings. The fourth-order valence-electron chi connectivity index (χ4n) is 1.81. The van der Waals surface area contributed by atoms with Crippen LogP contribution in [0.1, 0.15) is 31.1 Å². The Morgan fingerprint density at radius 3 is 2.81 bits per heavy atom. The van der Waals surface area contributed by atoms with Crippen LogP contribution in [0.4, 0.5) is 0 Å². The maximum absolute atomic E-state index is 5.67. The average Bonchev–Trinajstić information content (AvgIpc) is 2.83. The third-order valence-electron chi connectivity index (χ3n) is 2.80. The summed E-state index contributed by atoms with van der Waals surface area (Å²) in [5.74, 6) is 2.49. The Hall–Kier alpha value is -1.40. The zero-order chi connectivity index (χ0) is 15.2. The monoisotopic (exact) mass is 353 g/mol. The first-order valence-electron chi connectivity index (χ1n) is 6.95. The first-order valence-corrected chi connectivity index (χ1v) is 7.75. The number of hydrogen-bond acceptors (Lipinski definition) is 5. The van der Waals surface area contributed by atoms with Crippen LogP contribution in [0.5, 0.6) is 5.75 Å². The molecule has 0 aliphatic heterocycles. The van der Waals surface area contributed by atoms with Crippen LogP contribution in [0.2, 0.25) is 0 Å². The topological polar surface area (TPSA) is 60.2 Å². The predicted molar refractivity (Wildman–Crippen MR) is 84.1 cm³/mol. The summed E-state index contributed by atoms with van der Waals surface area (Å²) in [5.41, 5.74) is 1.21. The van der Waals surface area contributed by atoms with Gasteiger partial charge in [0.15, 0.2) is 12.4 Å². The molecule has 2 aromatic rings. The largest absolute Gasteiger partial charge is 0.483 e. The summed E-state index contributed by atoms with van der Waals surface area (Å²) >= 11 is 3.53. The van der Waals surface area contributed by atoms with Crippen molar-refractivity contribution in [1.29, 1.82) is 0 Å². The molecular weight excluding hydrogens is 334 g/mol. The third kappa shape index (κ3) is 5.13. The highest BCUT2D eigenvalue weighted by Gasteiger charge is 2.07. The van der Waals surface area contributed by atoms with Crippen molar-refractivity contribution in [3.8, 4) is 5.75 Å². The number of halogens is 1. The lowest BCUT2D eigenvalue weighted by molar-refractivity contribution is 0.241. The minimum Gasteiger partial charge on any atom is -0.483 e. The fraction of sp³-hybridized carbons (Fsp3) is 0.467. The smallest absolute Gasteiger partial charge is 0.264 e. The zero-order valence-corrected chi connectivity index (χ0v) is 14.1. The van der Waals surface area contributed by atoms with E-state index in [0.29, 0.717) is 17.6 Å². The van der Waals surface area contributed by atoms with E-state index in [2.05, 4.69) is 51.3 Å². The van der Waals surface area contributed by atoms with Gasteiger partial charge < -0.3 is 14.6 Å². The molecule has 1 aromatic carbocycles. The first-order chi connectivity index (χ1) is 10.0. The normalized spacial score (nSPS) is 11.1. The molecule has 5 nitrogen and oxygen atoms in total. The number of benzene rings is 1. The quantitative estimate of drug-likeness (QED) is 0.825. The highest BCUT2D eigenvalue weighted by molar-refractivity contribution is 9.10. The maximum Gasteiger partial charge on any atom is 0.264 e. The van der Waals surface area contributed by atoms with Gasteiger partial charge in [-0.25, -0.2) is 0 Å². The van der Waals surface area contributed by atoms with Gasteiger partial charge >= 0.3 is 0 Å². The van der Waals surface area contributed by atoms with Crippen LogP contribution in [0.3, 0.4) is 0 Å². The molecule has 114 valence electrons. The van der Waals surface area contributed by atoms with E-state index in [1.807, 2.05) is 12.1 Å². The lowest BCUT2D eigenvalue weighted by Crippen LogP contribution is -2.18. The molecule has 1 heterocycles. The van der Waals surface area contributed by atoms with Crippen LogP contribution in [0.15, 0.2) is 27.2 Å². The van der Waals surface area contributed by atoms with Crippen LogP contribution in [0.25, 0.3) is 0 Å². The molecule has 0 amide bonds. The van der Waals surface area contributed by atoms with E-state index in [1.54, 1.807) is 6.92 Å². The minimum absolute atomic E-state index is 0.268. The second-order valence-corrected chi connectivity index (χ2v) is 6.17. The number of ether oxygens (including phenoxy) is 1. The van der Waals surface area contributed by atoms with Gasteiger partial charge in [-0.3, -0.25) is 0 Å². The van der Waals surface area contributed by atoms with Crippen molar-refractivity contribution in [2.45, 2.75) is 33.9 Å². The van der Waals surface area contributed by atoms with Crippen molar-refractivity contribution in [3.63, 3.8) is 0 Å². The molecule has 0 aliphatic carbocycles. The van der Waals surface area contributed by atoms with Crippen molar-refractivity contribution in [2.24, 2.45) is 5.92 Å². The van der Waals surface area contributed by atoms with E-state index in [-0.39, 0.29) is 6.61 Å². The van der Waals surface area contributed by atoms with Gasteiger partial charge in [0.25, 0.3) is 5.89 Å². The number of hydrogen-bond donors (Lipinski definition) is 1. The van der Waals surface area contributed by atoms with Gasteiger partial charge in [-0.15, -0.1) is 0 Å². The number of rotatable bonds is 7. The van der Waals surface area contributed by atoms with Crippen molar-refractivity contribution in [3.05, 3.63) is 40.0 Å². The Bertz CT molecular complexity index is 584. The van der Waals surface area contributed by atoms with Crippen LogP contribution < -0.4 is 10.1 Å². The number of nitrogens with zero attached hydrogens (tertiary/aromatic N) is 2. The summed E-state index contributed by atoms with van der Waals surface area (Å²) < 4.78 is 11.6. The van der Waals surface area contributed by atoms with E-state index in [4.69, 9.17) is 9.26 Å². The highest BCUT2D eigenvalue weighted by atomic mass is 79.9. The van der Waals surface area contributed by atoms with Crippen molar-refractivity contribution in [2.75, 3.05) is 6.54 Å². The van der Waals surface area contributed by atoms with Gasteiger partial charge in [-0.2, -0.15) is 4.98 Å². The molecule has 21 heavy (non-hydrogen) atoms. The molecule has 0 spiro atoms. The van der Waals surface area contributed by atoms with Gasteiger partial charge in [0, 0.05) is 6.54 Å². The summed E-state index contributed by atoms with van der Waals surface area (Å²) in [5, 5.41) is 7.14. The molecule has 0 unspecified atom stereocenters. The average molecular weight is 354 g/mol.